The Hall–Kier alpha value is -1.75. The molecular formula is C25H36N4. The third kappa shape index (κ3) is 4.88. The Kier molecular flexibility index (Phi) is 6.33. The van der Waals surface area contributed by atoms with Gasteiger partial charge in [-0.1, -0.05) is 44.2 Å². The fourth-order valence-electron chi connectivity index (χ4n) is 4.80. The number of nitrogens with two attached hydrogens (primary N) is 1. The van der Waals surface area contributed by atoms with Gasteiger partial charge in [0, 0.05) is 25.3 Å². The molecule has 4 rings (SSSR count). The Morgan fingerprint density at radius 3 is 2.76 bits per heavy atom. The van der Waals surface area contributed by atoms with E-state index in [1.54, 1.807) is 0 Å². The molecule has 3 N–H and O–H groups in total. The number of hydrogen-bond acceptors (Lipinski definition) is 4. The van der Waals surface area contributed by atoms with E-state index in [4.69, 9.17) is 10.7 Å². The summed E-state index contributed by atoms with van der Waals surface area (Å²) in [6.45, 7) is 8.42. The molecule has 29 heavy (non-hydrogen) atoms. The monoisotopic (exact) mass is 392 g/mol. The molecule has 0 fully saturated rings. The summed E-state index contributed by atoms with van der Waals surface area (Å²) >= 11 is 0. The van der Waals surface area contributed by atoms with Crippen molar-refractivity contribution < 1.29 is 0 Å². The van der Waals surface area contributed by atoms with Gasteiger partial charge in [-0.3, -0.25) is 9.88 Å². The van der Waals surface area contributed by atoms with E-state index in [2.05, 4.69) is 60.5 Å². The molecule has 156 valence electrons. The molecule has 0 saturated carbocycles. The molecule has 2 atom stereocenters. The Morgan fingerprint density at radius 2 is 1.93 bits per heavy atom. The zero-order valence-electron chi connectivity index (χ0n) is 18.0. The number of rotatable bonds is 7. The second-order valence-corrected chi connectivity index (χ2v) is 9.62. The van der Waals surface area contributed by atoms with E-state index in [1.807, 2.05) is 6.20 Å². The van der Waals surface area contributed by atoms with E-state index in [1.165, 1.54) is 35.2 Å². The highest BCUT2D eigenvalue weighted by Gasteiger charge is 2.31. The van der Waals surface area contributed by atoms with Gasteiger partial charge in [-0.15, -0.1) is 0 Å². The second kappa shape index (κ2) is 8.95. The molecule has 2 aliphatic rings. The summed E-state index contributed by atoms with van der Waals surface area (Å²) in [7, 11) is 0. The molecule has 0 unspecified atom stereocenters. The van der Waals surface area contributed by atoms with Gasteiger partial charge in [0.15, 0.2) is 0 Å². The molecule has 1 aliphatic carbocycles. The molecule has 0 spiro atoms. The highest BCUT2D eigenvalue weighted by molar-refractivity contribution is 5.30. The van der Waals surface area contributed by atoms with Crippen molar-refractivity contribution in [3.8, 4) is 0 Å². The first-order valence-electron chi connectivity index (χ1n) is 11.2. The van der Waals surface area contributed by atoms with Crippen LogP contribution in [-0.4, -0.2) is 35.6 Å². The zero-order chi connectivity index (χ0) is 20.3. The number of aromatic nitrogens is 1. The maximum Gasteiger partial charge on any atom is 0.0607 e. The van der Waals surface area contributed by atoms with Crippen molar-refractivity contribution in [3.05, 3.63) is 65.0 Å². The van der Waals surface area contributed by atoms with E-state index in [0.717, 1.165) is 45.4 Å². The first-order chi connectivity index (χ1) is 14.1. The number of nitrogens with zero attached hydrogens (tertiary/aromatic N) is 2. The third-order valence-corrected chi connectivity index (χ3v) is 6.86. The molecule has 1 aliphatic heterocycles. The largest absolute Gasteiger partial charge is 0.330 e. The van der Waals surface area contributed by atoms with Crippen LogP contribution in [-0.2, 0) is 19.4 Å². The maximum absolute atomic E-state index is 6.04. The minimum Gasteiger partial charge on any atom is -0.330 e. The van der Waals surface area contributed by atoms with Crippen LogP contribution in [0.25, 0.3) is 0 Å². The Labute approximate surface area is 175 Å². The van der Waals surface area contributed by atoms with Gasteiger partial charge in [0.1, 0.15) is 0 Å². The zero-order valence-corrected chi connectivity index (χ0v) is 18.0. The van der Waals surface area contributed by atoms with Gasteiger partial charge in [-0.05, 0) is 73.4 Å². The highest BCUT2D eigenvalue weighted by Crippen LogP contribution is 2.34. The fraction of sp³-hybridized carbons (Fsp3) is 0.560. The number of nitrogens with one attached hydrogen (secondary N) is 1. The molecule has 0 amide bonds. The first-order valence-corrected chi connectivity index (χ1v) is 11.2. The predicted molar refractivity (Wildman–Crippen MR) is 120 cm³/mol. The lowest BCUT2D eigenvalue weighted by molar-refractivity contribution is 0.132. The Bertz CT molecular complexity index is 816. The van der Waals surface area contributed by atoms with E-state index >= 15 is 0 Å². The molecule has 1 aromatic carbocycles. The Balaban J connectivity index is 1.53. The summed E-state index contributed by atoms with van der Waals surface area (Å²) in [6.07, 6.45) is 7.81. The van der Waals surface area contributed by atoms with Crippen LogP contribution < -0.4 is 11.1 Å². The van der Waals surface area contributed by atoms with Gasteiger partial charge in [0.25, 0.3) is 0 Å². The van der Waals surface area contributed by atoms with Gasteiger partial charge in [-0.25, -0.2) is 0 Å². The third-order valence-electron chi connectivity index (χ3n) is 6.86. The van der Waals surface area contributed by atoms with E-state index in [0.29, 0.717) is 12.1 Å². The van der Waals surface area contributed by atoms with Crippen molar-refractivity contribution in [2.45, 2.75) is 64.6 Å². The number of benzene rings is 1. The van der Waals surface area contributed by atoms with Crippen molar-refractivity contribution in [2.24, 2.45) is 11.1 Å². The normalized spacial score (nSPS) is 21.7. The van der Waals surface area contributed by atoms with Crippen LogP contribution in [0.3, 0.4) is 0 Å². The van der Waals surface area contributed by atoms with Crippen molar-refractivity contribution in [3.63, 3.8) is 0 Å². The number of fused-ring (bicyclic) bond motifs is 2. The lowest BCUT2D eigenvalue weighted by Crippen LogP contribution is -2.47. The van der Waals surface area contributed by atoms with Crippen molar-refractivity contribution >= 4 is 0 Å². The number of hydrogen-bond donors (Lipinski definition) is 2. The van der Waals surface area contributed by atoms with Gasteiger partial charge in [0.05, 0.1) is 11.7 Å². The summed E-state index contributed by atoms with van der Waals surface area (Å²) in [5.74, 6) is 0. The molecule has 0 saturated heterocycles. The standard InChI is InChI=1S/C25H36N4/c1-25(2,18-26)12-14-29(23-11-5-9-19-10-6-13-27-24(19)23)17-22-15-20-7-3-4-8-21(20)16-28-22/h3-4,6-8,10,13,22-23,28H,5,9,11-12,14-18,26H2,1-2H3/t22-,23+/m1/s1. The summed E-state index contributed by atoms with van der Waals surface area (Å²) in [6, 6.07) is 14.1. The van der Waals surface area contributed by atoms with Crippen LogP contribution in [0.5, 0.6) is 0 Å². The summed E-state index contributed by atoms with van der Waals surface area (Å²) in [5.41, 5.74) is 11.9. The van der Waals surface area contributed by atoms with Crippen LogP contribution in [0.2, 0.25) is 0 Å². The molecule has 4 heteroatoms. The van der Waals surface area contributed by atoms with Crippen molar-refractivity contribution in [1.82, 2.24) is 15.2 Å². The topological polar surface area (TPSA) is 54.2 Å². The lowest BCUT2D eigenvalue weighted by Gasteiger charge is -2.40. The fourth-order valence-corrected chi connectivity index (χ4v) is 4.80. The SMILES string of the molecule is CC(C)(CN)CCN(C[C@H]1Cc2ccccc2CN1)[C@H]1CCCc2cccnc21. The minimum absolute atomic E-state index is 0.173. The number of aryl methyl sites for hydroxylation is 1. The van der Waals surface area contributed by atoms with Crippen molar-refractivity contribution in [1.29, 1.82) is 0 Å². The van der Waals surface area contributed by atoms with E-state index < -0.39 is 0 Å². The molecular weight excluding hydrogens is 356 g/mol. The predicted octanol–water partition coefficient (Wildman–Crippen LogP) is 3.85. The van der Waals surface area contributed by atoms with Crippen LogP contribution >= 0.6 is 0 Å². The van der Waals surface area contributed by atoms with Crippen molar-refractivity contribution in [2.75, 3.05) is 19.6 Å². The van der Waals surface area contributed by atoms with Crippen LogP contribution in [0.1, 0.15) is 61.5 Å². The van der Waals surface area contributed by atoms with Gasteiger partial charge in [0.2, 0.25) is 0 Å². The van der Waals surface area contributed by atoms with E-state index in [9.17, 15) is 0 Å². The quantitative estimate of drug-likeness (QED) is 0.751. The van der Waals surface area contributed by atoms with Gasteiger partial charge >= 0.3 is 0 Å². The van der Waals surface area contributed by atoms with E-state index in [-0.39, 0.29) is 5.41 Å². The minimum atomic E-state index is 0.173. The van der Waals surface area contributed by atoms with Crippen LogP contribution in [0, 0.1) is 5.41 Å². The average molecular weight is 393 g/mol. The number of pyridine rings is 1. The van der Waals surface area contributed by atoms with Gasteiger partial charge < -0.3 is 11.1 Å². The lowest BCUT2D eigenvalue weighted by atomic mass is 9.86. The summed E-state index contributed by atoms with van der Waals surface area (Å²) < 4.78 is 0. The second-order valence-electron chi connectivity index (χ2n) is 9.62. The molecule has 2 heterocycles. The molecule has 4 nitrogen and oxygen atoms in total. The highest BCUT2D eigenvalue weighted by atomic mass is 15.2. The van der Waals surface area contributed by atoms with Crippen LogP contribution in [0.15, 0.2) is 42.6 Å². The molecule has 2 aromatic rings. The summed E-state index contributed by atoms with van der Waals surface area (Å²) in [4.78, 5) is 7.53. The smallest absolute Gasteiger partial charge is 0.0607 e. The van der Waals surface area contributed by atoms with Crippen LogP contribution in [0.4, 0.5) is 0 Å². The first kappa shape index (κ1) is 20.5. The summed E-state index contributed by atoms with van der Waals surface area (Å²) in [5, 5.41) is 3.79. The molecule has 0 bridgehead atoms. The molecule has 1 aromatic heterocycles. The Morgan fingerprint density at radius 1 is 1.14 bits per heavy atom. The van der Waals surface area contributed by atoms with Gasteiger partial charge in [-0.2, -0.15) is 0 Å². The molecule has 0 radical (unpaired) electrons. The average Bonchev–Trinajstić information content (AvgIpc) is 2.76. The maximum atomic E-state index is 6.04.